The van der Waals surface area contributed by atoms with Gasteiger partial charge in [0.2, 0.25) is 0 Å². The highest BCUT2D eigenvalue weighted by molar-refractivity contribution is 9.10. The summed E-state index contributed by atoms with van der Waals surface area (Å²) < 4.78 is 6.60. The van der Waals surface area contributed by atoms with Crippen LogP contribution in [0.25, 0.3) is 0 Å². The van der Waals surface area contributed by atoms with Gasteiger partial charge in [-0.3, -0.25) is 4.79 Å². The van der Waals surface area contributed by atoms with Crippen molar-refractivity contribution in [3.63, 3.8) is 0 Å². The number of anilines is 1. The lowest BCUT2D eigenvalue weighted by atomic mass is 10.1. The molecule has 1 amide bonds. The largest absolute Gasteiger partial charge is 0.493 e. The van der Waals surface area contributed by atoms with E-state index in [-0.39, 0.29) is 5.91 Å². The minimum Gasteiger partial charge on any atom is -0.493 e. The highest BCUT2D eigenvalue weighted by Gasteiger charge is 2.13. The fraction of sp³-hybridized carbons (Fsp3) is 0.316. The molecule has 0 spiro atoms. The average Bonchev–Trinajstić information content (AvgIpc) is 2.57. The molecule has 0 radical (unpaired) electrons. The normalized spacial score (nSPS) is 10.4. The summed E-state index contributed by atoms with van der Waals surface area (Å²) in [5.41, 5.74) is 2.57. The molecule has 23 heavy (non-hydrogen) atoms. The van der Waals surface area contributed by atoms with Crippen molar-refractivity contribution in [2.45, 2.75) is 33.1 Å². The maximum Gasteiger partial charge on any atom is 0.259 e. The Labute approximate surface area is 146 Å². The lowest BCUT2D eigenvalue weighted by Crippen LogP contribution is -2.14. The van der Waals surface area contributed by atoms with Gasteiger partial charge in [0.15, 0.2) is 0 Å². The molecule has 0 aliphatic heterocycles. The van der Waals surface area contributed by atoms with Gasteiger partial charge in [0, 0.05) is 10.2 Å². The van der Waals surface area contributed by atoms with E-state index in [9.17, 15) is 4.79 Å². The Morgan fingerprint density at radius 2 is 1.87 bits per heavy atom. The molecule has 0 aromatic heterocycles. The first-order chi connectivity index (χ1) is 11.1. The molecule has 0 bridgehead atoms. The number of unbranched alkanes of at least 4 members (excludes halogenated alkanes) is 1. The van der Waals surface area contributed by atoms with Gasteiger partial charge in [-0.2, -0.15) is 0 Å². The van der Waals surface area contributed by atoms with Crippen LogP contribution in [-0.4, -0.2) is 12.5 Å². The molecule has 2 aromatic rings. The van der Waals surface area contributed by atoms with E-state index in [4.69, 9.17) is 4.74 Å². The molecular weight excluding hydrogens is 354 g/mol. The Hall–Kier alpha value is -1.81. The van der Waals surface area contributed by atoms with E-state index in [1.54, 1.807) is 6.07 Å². The van der Waals surface area contributed by atoms with E-state index in [0.29, 0.717) is 17.9 Å². The van der Waals surface area contributed by atoms with Crippen molar-refractivity contribution in [2.75, 3.05) is 11.9 Å². The monoisotopic (exact) mass is 375 g/mol. The molecule has 4 heteroatoms. The summed E-state index contributed by atoms with van der Waals surface area (Å²) in [5.74, 6) is 0.450. The SMILES string of the molecule is CCCCOc1ccc(Br)cc1C(=O)Nc1ccc(CC)cc1. The summed E-state index contributed by atoms with van der Waals surface area (Å²) in [4.78, 5) is 12.6. The molecule has 2 rings (SSSR count). The van der Waals surface area contributed by atoms with Crippen LogP contribution in [0.4, 0.5) is 5.69 Å². The van der Waals surface area contributed by atoms with Crippen molar-refractivity contribution >= 4 is 27.5 Å². The van der Waals surface area contributed by atoms with Gasteiger partial charge in [-0.15, -0.1) is 0 Å². The van der Waals surface area contributed by atoms with Crippen LogP contribution in [0, 0.1) is 0 Å². The summed E-state index contributed by atoms with van der Waals surface area (Å²) in [6, 6.07) is 13.4. The topological polar surface area (TPSA) is 38.3 Å². The zero-order chi connectivity index (χ0) is 16.7. The zero-order valence-electron chi connectivity index (χ0n) is 13.6. The van der Waals surface area contributed by atoms with E-state index < -0.39 is 0 Å². The molecule has 3 nitrogen and oxygen atoms in total. The Bertz CT molecular complexity index is 653. The first kappa shape index (κ1) is 17.5. The number of carbonyl (C=O) groups excluding carboxylic acids is 1. The van der Waals surface area contributed by atoms with Gasteiger partial charge in [0.25, 0.3) is 5.91 Å². The van der Waals surface area contributed by atoms with Crippen molar-refractivity contribution in [3.8, 4) is 5.75 Å². The number of rotatable bonds is 7. The Kier molecular flexibility index (Phi) is 6.66. The standard InChI is InChI=1S/C19H22BrNO2/c1-3-5-12-23-18-11-8-15(20)13-17(18)19(22)21-16-9-6-14(4-2)7-10-16/h6-11,13H,3-5,12H2,1-2H3,(H,21,22). The molecule has 0 atom stereocenters. The number of benzene rings is 2. The predicted molar refractivity (Wildman–Crippen MR) is 98.3 cm³/mol. The number of carbonyl (C=O) groups is 1. The fourth-order valence-electron chi connectivity index (χ4n) is 2.15. The van der Waals surface area contributed by atoms with Crippen molar-refractivity contribution in [1.82, 2.24) is 0 Å². The van der Waals surface area contributed by atoms with E-state index in [1.165, 1.54) is 5.56 Å². The number of amides is 1. The molecule has 0 aliphatic rings. The first-order valence-corrected chi connectivity index (χ1v) is 8.76. The Balaban J connectivity index is 2.14. The van der Waals surface area contributed by atoms with Crippen molar-refractivity contribution in [1.29, 1.82) is 0 Å². The number of hydrogen-bond donors (Lipinski definition) is 1. The van der Waals surface area contributed by atoms with Crippen molar-refractivity contribution < 1.29 is 9.53 Å². The molecule has 0 unspecified atom stereocenters. The summed E-state index contributed by atoms with van der Waals surface area (Å²) in [6.45, 7) is 4.83. The molecule has 0 saturated carbocycles. The third-order valence-corrected chi connectivity index (χ3v) is 4.05. The van der Waals surface area contributed by atoms with E-state index >= 15 is 0 Å². The lowest BCUT2D eigenvalue weighted by Gasteiger charge is -2.12. The second-order valence-electron chi connectivity index (χ2n) is 5.35. The maximum atomic E-state index is 12.6. The van der Waals surface area contributed by atoms with Crippen molar-refractivity contribution in [3.05, 3.63) is 58.1 Å². The number of halogens is 1. The fourth-order valence-corrected chi connectivity index (χ4v) is 2.52. The van der Waals surface area contributed by atoms with Gasteiger partial charge in [-0.25, -0.2) is 0 Å². The molecule has 2 aromatic carbocycles. The van der Waals surface area contributed by atoms with Gasteiger partial charge >= 0.3 is 0 Å². The van der Waals surface area contributed by atoms with Gasteiger partial charge in [0.1, 0.15) is 5.75 Å². The third kappa shape index (κ3) is 5.10. The second kappa shape index (κ2) is 8.73. The number of ether oxygens (including phenoxy) is 1. The number of aryl methyl sites for hydroxylation is 1. The van der Waals surface area contributed by atoms with Crippen LogP contribution in [0.1, 0.15) is 42.6 Å². The third-order valence-electron chi connectivity index (χ3n) is 3.56. The summed E-state index contributed by atoms with van der Waals surface area (Å²) in [7, 11) is 0. The highest BCUT2D eigenvalue weighted by Crippen LogP contribution is 2.25. The summed E-state index contributed by atoms with van der Waals surface area (Å²) in [5, 5.41) is 2.93. The molecular formula is C19H22BrNO2. The molecule has 0 saturated heterocycles. The summed E-state index contributed by atoms with van der Waals surface area (Å²) in [6.07, 6.45) is 3.01. The van der Waals surface area contributed by atoms with Crippen LogP contribution in [0.2, 0.25) is 0 Å². The van der Waals surface area contributed by atoms with E-state index in [1.807, 2.05) is 36.4 Å². The molecule has 122 valence electrons. The van der Waals surface area contributed by atoms with Gasteiger partial charge < -0.3 is 10.1 Å². The smallest absolute Gasteiger partial charge is 0.259 e. The molecule has 0 heterocycles. The molecule has 0 aliphatic carbocycles. The Morgan fingerprint density at radius 1 is 1.13 bits per heavy atom. The van der Waals surface area contributed by atoms with Gasteiger partial charge in [-0.05, 0) is 48.7 Å². The molecule has 1 N–H and O–H groups in total. The van der Waals surface area contributed by atoms with E-state index in [2.05, 4.69) is 35.1 Å². The quantitative estimate of drug-likeness (QED) is 0.654. The molecule has 0 fully saturated rings. The first-order valence-electron chi connectivity index (χ1n) is 7.96. The second-order valence-corrected chi connectivity index (χ2v) is 6.26. The minimum atomic E-state index is -0.165. The number of nitrogens with one attached hydrogen (secondary N) is 1. The predicted octanol–water partition coefficient (Wildman–Crippen LogP) is 5.44. The highest BCUT2D eigenvalue weighted by atomic mass is 79.9. The van der Waals surface area contributed by atoms with Crippen LogP contribution in [0.5, 0.6) is 5.75 Å². The van der Waals surface area contributed by atoms with Crippen LogP contribution >= 0.6 is 15.9 Å². The Morgan fingerprint density at radius 3 is 2.52 bits per heavy atom. The van der Waals surface area contributed by atoms with Crippen LogP contribution in [0.3, 0.4) is 0 Å². The summed E-state index contributed by atoms with van der Waals surface area (Å²) >= 11 is 3.42. The van der Waals surface area contributed by atoms with Crippen LogP contribution in [0.15, 0.2) is 46.9 Å². The van der Waals surface area contributed by atoms with Crippen LogP contribution < -0.4 is 10.1 Å². The maximum absolute atomic E-state index is 12.6. The average molecular weight is 376 g/mol. The zero-order valence-corrected chi connectivity index (χ0v) is 15.2. The van der Waals surface area contributed by atoms with Gasteiger partial charge in [0.05, 0.1) is 12.2 Å². The van der Waals surface area contributed by atoms with Gasteiger partial charge in [-0.1, -0.05) is 48.3 Å². The van der Waals surface area contributed by atoms with Crippen molar-refractivity contribution in [2.24, 2.45) is 0 Å². The lowest BCUT2D eigenvalue weighted by molar-refractivity contribution is 0.102. The minimum absolute atomic E-state index is 0.165. The van der Waals surface area contributed by atoms with Crippen LogP contribution in [-0.2, 0) is 6.42 Å². The van der Waals surface area contributed by atoms with E-state index in [0.717, 1.165) is 29.4 Å². The number of hydrogen-bond acceptors (Lipinski definition) is 2.